The quantitative estimate of drug-likeness (QED) is 0.725. The van der Waals surface area contributed by atoms with E-state index in [9.17, 15) is 0 Å². The summed E-state index contributed by atoms with van der Waals surface area (Å²) in [5, 5.41) is 3.62. The predicted octanol–water partition coefficient (Wildman–Crippen LogP) is 1.39. The summed E-state index contributed by atoms with van der Waals surface area (Å²) in [5.41, 5.74) is 0.881. The number of hydrogen-bond donors (Lipinski definition) is 1. The second-order valence-corrected chi connectivity index (χ2v) is 2.46. The molecule has 0 atom stereocenters. The van der Waals surface area contributed by atoms with Crippen molar-refractivity contribution in [3.05, 3.63) is 42.2 Å². The number of imidazole rings is 1. The van der Waals surface area contributed by atoms with Gasteiger partial charge in [-0.05, 0) is 6.92 Å². The largest absolute Gasteiger partial charge is 0.360 e. The first-order valence-corrected chi connectivity index (χ1v) is 3.61. The van der Waals surface area contributed by atoms with Gasteiger partial charge in [0.2, 0.25) is 0 Å². The topological polar surface area (TPSA) is 54.7 Å². The molecule has 0 saturated heterocycles. The maximum atomic E-state index is 4.98. The second kappa shape index (κ2) is 2.81. The van der Waals surface area contributed by atoms with Crippen molar-refractivity contribution in [3.8, 4) is 0 Å². The highest BCUT2D eigenvalue weighted by atomic mass is 16.5. The highest BCUT2D eigenvalue weighted by molar-refractivity contribution is 5.32. The summed E-state index contributed by atoms with van der Waals surface area (Å²) in [4.78, 5) is 6.97. The van der Waals surface area contributed by atoms with Crippen LogP contribution in [0, 0.1) is 5.92 Å². The van der Waals surface area contributed by atoms with Gasteiger partial charge >= 0.3 is 0 Å². The minimum absolute atomic E-state index is 0.752. The molecule has 4 nitrogen and oxygen atoms in total. The maximum Gasteiger partial charge on any atom is 0.150 e. The van der Waals surface area contributed by atoms with Gasteiger partial charge in [-0.25, -0.2) is 4.98 Å². The molecule has 0 amide bonds. The van der Waals surface area contributed by atoms with E-state index in [4.69, 9.17) is 4.52 Å². The van der Waals surface area contributed by atoms with Gasteiger partial charge in [0.05, 0.1) is 24.1 Å². The molecule has 0 spiro atoms. The average molecular weight is 162 g/mol. The molecule has 0 aromatic carbocycles. The highest BCUT2D eigenvalue weighted by Crippen LogP contribution is 2.19. The molecule has 1 N–H and O–H groups in total. The van der Waals surface area contributed by atoms with Crippen LogP contribution in [-0.4, -0.2) is 15.1 Å². The van der Waals surface area contributed by atoms with Crippen LogP contribution in [0.3, 0.4) is 0 Å². The van der Waals surface area contributed by atoms with Crippen LogP contribution in [0.4, 0.5) is 0 Å². The number of aromatic amines is 1. The molecule has 4 heteroatoms. The Bertz CT molecular complexity index is 291. The van der Waals surface area contributed by atoms with Crippen LogP contribution in [0.5, 0.6) is 0 Å². The lowest BCUT2D eigenvalue weighted by atomic mass is 10.1. The summed E-state index contributed by atoms with van der Waals surface area (Å²) in [7, 11) is 0. The first-order chi connectivity index (χ1) is 5.88. The molecule has 61 valence electrons. The Morgan fingerprint density at radius 1 is 1.58 bits per heavy atom. The van der Waals surface area contributed by atoms with Gasteiger partial charge in [-0.1, -0.05) is 5.16 Å². The van der Waals surface area contributed by atoms with Crippen molar-refractivity contribution in [2.24, 2.45) is 0 Å². The molecule has 0 fully saturated rings. The molecule has 2 aromatic rings. The van der Waals surface area contributed by atoms with Crippen molar-refractivity contribution >= 4 is 0 Å². The van der Waals surface area contributed by atoms with E-state index < -0.39 is 0 Å². The van der Waals surface area contributed by atoms with E-state index in [1.807, 2.05) is 19.2 Å². The zero-order valence-corrected chi connectivity index (χ0v) is 6.61. The Hall–Kier alpha value is -1.58. The van der Waals surface area contributed by atoms with Gasteiger partial charge in [0.1, 0.15) is 5.76 Å². The summed E-state index contributed by atoms with van der Waals surface area (Å²) >= 11 is 0. The van der Waals surface area contributed by atoms with Crippen LogP contribution in [0.1, 0.15) is 18.4 Å². The Kier molecular flexibility index (Phi) is 1.66. The molecular weight excluding hydrogens is 154 g/mol. The fraction of sp³-hybridized carbons (Fsp3) is 0.125. The van der Waals surface area contributed by atoms with Gasteiger partial charge in [0.25, 0.3) is 0 Å². The molecular formula is C8H8N3O. The summed E-state index contributed by atoms with van der Waals surface area (Å²) in [5.74, 6) is 1.73. The first kappa shape index (κ1) is 7.09. The third-order valence-corrected chi connectivity index (χ3v) is 1.69. The van der Waals surface area contributed by atoms with Crippen molar-refractivity contribution in [1.82, 2.24) is 15.1 Å². The van der Waals surface area contributed by atoms with Crippen LogP contribution in [0.25, 0.3) is 0 Å². The fourth-order valence-electron chi connectivity index (χ4n) is 1.00. The molecule has 12 heavy (non-hydrogen) atoms. The van der Waals surface area contributed by atoms with Crippen LogP contribution in [0.15, 0.2) is 29.3 Å². The SMILES string of the molecule is C[C](c1c[nH]cn1)c1ccno1. The van der Waals surface area contributed by atoms with Crippen molar-refractivity contribution in [3.63, 3.8) is 0 Å². The van der Waals surface area contributed by atoms with Crippen molar-refractivity contribution in [2.75, 3.05) is 0 Å². The van der Waals surface area contributed by atoms with E-state index in [0.29, 0.717) is 0 Å². The number of aromatic nitrogens is 3. The van der Waals surface area contributed by atoms with Crippen molar-refractivity contribution in [1.29, 1.82) is 0 Å². The van der Waals surface area contributed by atoms with E-state index >= 15 is 0 Å². The average Bonchev–Trinajstić information content (AvgIpc) is 2.77. The third-order valence-electron chi connectivity index (χ3n) is 1.69. The van der Waals surface area contributed by atoms with Crippen LogP contribution < -0.4 is 0 Å². The van der Waals surface area contributed by atoms with Crippen LogP contribution >= 0.6 is 0 Å². The van der Waals surface area contributed by atoms with Gasteiger partial charge < -0.3 is 9.51 Å². The van der Waals surface area contributed by atoms with E-state index in [-0.39, 0.29) is 0 Å². The predicted molar refractivity (Wildman–Crippen MR) is 42.2 cm³/mol. The van der Waals surface area contributed by atoms with E-state index in [0.717, 1.165) is 17.4 Å². The minimum Gasteiger partial charge on any atom is -0.360 e. The summed E-state index contributed by atoms with van der Waals surface area (Å²) in [6.45, 7) is 1.94. The number of nitrogens with zero attached hydrogens (tertiary/aromatic N) is 2. The molecule has 0 aliphatic carbocycles. The number of rotatable bonds is 2. The van der Waals surface area contributed by atoms with E-state index in [1.165, 1.54) is 0 Å². The monoisotopic (exact) mass is 162 g/mol. The molecule has 2 heterocycles. The number of H-pyrrole nitrogens is 1. The summed E-state index contributed by atoms with van der Waals surface area (Å²) in [6.07, 6.45) is 5.07. The van der Waals surface area contributed by atoms with Gasteiger partial charge in [0.15, 0.2) is 0 Å². The van der Waals surface area contributed by atoms with Crippen molar-refractivity contribution in [2.45, 2.75) is 6.92 Å². The standard InChI is InChI=1S/C8H8N3O/c1-6(7-4-9-5-10-7)8-2-3-11-12-8/h2-5H,1H3,(H,9,10). The molecule has 0 bridgehead atoms. The zero-order valence-electron chi connectivity index (χ0n) is 6.61. The van der Waals surface area contributed by atoms with Gasteiger partial charge in [0, 0.05) is 12.3 Å². The third kappa shape index (κ3) is 1.11. The summed E-state index contributed by atoms with van der Waals surface area (Å²) in [6, 6.07) is 1.81. The smallest absolute Gasteiger partial charge is 0.150 e. The highest BCUT2D eigenvalue weighted by Gasteiger charge is 2.14. The van der Waals surface area contributed by atoms with Gasteiger partial charge in [-0.3, -0.25) is 0 Å². The Morgan fingerprint density at radius 3 is 3.08 bits per heavy atom. The van der Waals surface area contributed by atoms with Crippen molar-refractivity contribution < 1.29 is 4.52 Å². The van der Waals surface area contributed by atoms with Crippen LogP contribution in [0.2, 0.25) is 0 Å². The summed E-state index contributed by atoms with van der Waals surface area (Å²) < 4.78 is 4.98. The Labute approximate surface area is 69.6 Å². The van der Waals surface area contributed by atoms with Gasteiger partial charge in [-0.2, -0.15) is 0 Å². The molecule has 0 aliphatic rings. The lowest BCUT2D eigenvalue weighted by Crippen LogP contribution is -1.94. The maximum absolute atomic E-state index is 4.98. The van der Waals surface area contributed by atoms with Crippen LogP contribution in [-0.2, 0) is 0 Å². The van der Waals surface area contributed by atoms with E-state index in [1.54, 1.807) is 12.5 Å². The lowest BCUT2D eigenvalue weighted by molar-refractivity contribution is 0.395. The number of hydrogen-bond acceptors (Lipinski definition) is 3. The molecule has 2 aromatic heterocycles. The molecule has 2 rings (SSSR count). The lowest BCUT2D eigenvalue weighted by Gasteiger charge is -2.00. The Balaban J connectivity index is 2.27. The normalized spacial score (nSPS) is 10.8. The fourth-order valence-corrected chi connectivity index (χ4v) is 1.00. The second-order valence-electron chi connectivity index (χ2n) is 2.46. The van der Waals surface area contributed by atoms with Gasteiger partial charge in [-0.15, -0.1) is 0 Å². The molecule has 0 unspecified atom stereocenters. The molecule has 0 aliphatic heterocycles. The molecule has 0 saturated carbocycles. The zero-order chi connectivity index (χ0) is 8.39. The Morgan fingerprint density at radius 2 is 2.50 bits per heavy atom. The molecule has 1 radical (unpaired) electrons. The van der Waals surface area contributed by atoms with E-state index in [2.05, 4.69) is 15.1 Å². The number of nitrogens with one attached hydrogen (secondary N) is 1. The first-order valence-electron chi connectivity index (χ1n) is 3.61. The minimum atomic E-state index is 0.752.